The van der Waals surface area contributed by atoms with Gasteiger partial charge in [0.15, 0.2) is 0 Å². The van der Waals surface area contributed by atoms with Gasteiger partial charge < -0.3 is 0 Å². The number of hydrogen-bond acceptors (Lipinski definition) is 1. The number of allylic oxidation sites excluding steroid dienone is 1. The van der Waals surface area contributed by atoms with Gasteiger partial charge in [-0.1, -0.05) is 20.4 Å². The Balaban J connectivity index is 2.68. The van der Waals surface area contributed by atoms with Crippen LogP contribution in [0.1, 0.15) is 20.3 Å². The minimum absolute atomic E-state index is 0.421. The minimum Gasteiger partial charge on any atom is -0.131 e. The normalized spacial score (nSPS) is 26.5. The monoisotopic (exact) mass is 128 g/mol. The van der Waals surface area contributed by atoms with E-state index < -0.39 is 0 Å². The van der Waals surface area contributed by atoms with E-state index in [4.69, 9.17) is 0 Å². The van der Waals surface area contributed by atoms with Crippen LogP contribution in [0.2, 0.25) is 0 Å². The maximum absolute atomic E-state index is 3.97. The topological polar surface area (TPSA) is 0 Å². The van der Waals surface area contributed by atoms with Gasteiger partial charge in [-0.25, -0.2) is 0 Å². The Morgan fingerprint density at radius 1 is 1.62 bits per heavy atom. The molecule has 0 amide bonds. The smallest absolute Gasteiger partial charge is 0.00148 e. The van der Waals surface area contributed by atoms with Crippen molar-refractivity contribution in [1.82, 2.24) is 0 Å². The first-order valence-electron chi connectivity index (χ1n) is 2.95. The summed E-state index contributed by atoms with van der Waals surface area (Å²) in [7, 11) is 0. The number of thioether (sulfide) groups is 1. The second-order valence-electron chi connectivity index (χ2n) is 2.91. The Morgan fingerprint density at radius 2 is 2.25 bits per heavy atom. The fraction of sp³-hybridized carbons (Fsp3) is 0.714. The van der Waals surface area contributed by atoms with Crippen LogP contribution in [-0.4, -0.2) is 5.75 Å². The summed E-state index contributed by atoms with van der Waals surface area (Å²) in [6, 6.07) is 0. The van der Waals surface area contributed by atoms with Gasteiger partial charge in [-0.15, -0.1) is 11.8 Å². The maximum Gasteiger partial charge on any atom is -0.00148 e. The second-order valence-corrected chi connectivity index (χ2v) is 4.10. The van der Waals surface area contributed by atoms with E-state index in [0.29, 0.717) is 5.41 Å². The molecule has 0 saturated carbocycles. The van der Waals surface area contributed by atoms with Gasteiger partial charge in [0.05, 0.1) is 0 Å². The van der Waals surface area contributed by atoms with E-state index in [-0.39, 0.29) is 0 Å². The van der Waals surface area contributed by atoms with Crippen molar-refractivity contribution in [3.05, 3.63) is 11.5 Å². The molecule has 0 aromatic rings. The van der Waals surface area contributed by atoms with Gasteiger partial charge in [0, 0.05) is 0 Å². The van der Waals surface area contributed by atoms with Gasteiger partial charge >= 0.3 is 0 Å². The molecule has 1 heterocycles. The van der Waals surface area contributed by atoms with Crippen molar-refractivity contribution in [2.24, 2.45) is 5.41 Å². The summed E-state index contributed by atoms with van der Waals surface area (Å²) in [5, 5.41) is 0. The van der Waals surface area contributed by atoms with Gasteiger partial charge in [0.1, 0.15) is 0 Å². The maximum atomic E-state index is 3.97. The number of rotatable bonds is 0. The minimum atomic E-state index is 0.421. The summed E-state index contributed by atoms with van der Waals surface area (Å²) >= 11 is 1.91. The summed E-state index contributed by atoms with van der Waals surface area (Å²) in [6.07, 6.45) is 1.30. The quantitative estimate of drug-likeness (QED) is 0.483. The molecule has 0 bridgehead atoms. The molecule has 1 aliphatic heterocycles. The summed E-state index contributed by atoms with van der Waals surface area (Å²) in [5.41, 5.74) is 0.421. The summed E-state index contributed by atoms with van der Waals surface area (Å²) in [5.74, 6) is 1.27. The molecule has 8 heavy (non-hydrogen) atoms. The highest BCUT2D eigenvalue weighted by Gasteiger charge is 2.27. The second kappa shape index (κ2) is 1.80. The van der Waals surface area contributed by atoms with Gasteiger partial charge in [0.2, 0.25) is 0 Å². The fourth-order valence-corrected chi connectivity index (χ4v) is 2.12. The molecular weight excluding hydrogens is 116 g/mol. The van der Waals surface area contributed by atoms with Crippen molar-refractivity contribution in [2.75, 3.05) is 5.75 Å². The lowest BCUT2D eigenvalue weighted by Gasteiger charge is -2.15. The highest BCUT2D eigenvalue weighted by molar-refractivity contribution is 8.03. The van der Waals surface area contributed by atoms with Gasteiger partial charge in [-0.05, 0) is 22.5 Å². The molecule has 0 unspecified atom stereocenters. The predicted octanol–water partition coefficient (Wildman–Crippen LogP) is 2.66. The Kier molecular flexibility index (Phi) is 1.40. The molecule has 1 heteroatoms. The van der Waals surface area contributed by atoms with Crippen LogP contribution in [0.3, 0.4) is 0 Å². The zero-order valence-corrected chi connectivity index (χ0v) is 6.35. The Hall–Kier alpha value is 0.0900. The summed E-state index contributed by atoms with van der Waals surface area (Å²) in [6.45, 7) is 8.49. The van der Waals surface area contributed by atoms with Crippen LogP contribution < -0.4 is 0 Å². The summed E-state index contributed by atoms with van der Waals surface area (Å²) < 4.78 is 0. The van der Waals surface area contributed by atoms with E-state index >= 15 is 0 Å². The average molecular weight is 128 g/mol. The highest BCUT2D eigenvalue weighted by atomic mass is 32.2. The van der Waals surface area contributed by atoms with Crippen LogP contribution in [0.15, 0.2) is 11.5 Å². The van der Waals surface area contributed by atoms with Crippen molar-refractivity contribution < 1.29 is 0 Å². The predicted molar refractivity (Wildman–Crippen MR) is 40.0 cm³/mol. The standard InChI is InChI=1S/C7H12S/c1-6-7(2,3)4-5-8-6/h1,4-5H2,2-3H3. The Bertz CT molecular complexity index is 114. The van der Waals surface area contributed by atoms with E-state index in [9.17, 15) is 0 Å². The van der Waals surface area contributed by atoms with E-state index in [1.807, 2.05) is 11.8 Å². The lowest BCUT2D eigenvalue weighted by Crippen LogP contribution is -2.05. The molecule has 46 valence electrons. The van der Waals surface area contributed by atoms with Crippen molar-refractivity contribution in [3.8, 4) is 0 Å². The summed E-state index contributed by atoms with van der Waals surface area (Å²) in [4.78, 5) is 1.36. The van der Waals surface area contributed by atoms with Crippen molar-refractivity contribution in [3.63, 3.8) is 0 Å². The SMILES string of the molecule is C=C1SCCC1(C)C. The van der Waals surface area contributed by atoms with Gasteiger partial charge in [-0.2, -0.15) is 0 Å². The van der Waals surface area contributed by atoms with Gasteiger partial charge in [-0.3, -0.25) is 0 Å². The largest absolute Gasteiger partial charge is 0.131 e. The first-order valence-corrected chi connectivity index (χ1v) is 3.94. The first-order chi connectivity index (χ1) is 3.63. The highest BCUT2D eigenvalue weighted by Crippen LogP contribution is 2.44. The average Bonchev–Trinajstić information content (AvgIpc) is 1.86. The van der Waals surface area contributed by atoms with Crippen LogP contribution in [-0.2, 0) is 0 Å². The van der Waals surface area contributed by atoms with E-state index in [2.05, 4.69) is 20.4 Å². The lowest BCUT2D eigenvalue weighted by atomic mass is 9.91. The molecule has 0 aromatic carbocycles. The zero-order chi connectivity index (χ0) is 6.20. The molecule has 0 spiro atoms. The van der Waals surface area contributed by atoms with Crippen LogP contribution in [0, 0.1) is 5.41 Å². The van der Waals surface area contributed by atoms with Crippen LogP contribution >= 0.6 is 11.8 Å². The van der Waals surface area contributed by atoms with Crippen LogP contribution in [0.25, 0.3) is 0 Å². The molecule has 0 N–H and O–H groups in total. The molecule has 1 rings (SSSR count). The zero-order valence-electron chi connectivity index (χ0n) is 5.53. The van der Waals surface area contributed by atoms with Crippen molar-refractivity contribution in [2.45, 2.75) is 20.3 Å². The van der Waals surface area contributed by atoms with E-state index in [1.54, 1.807) is 0 Å². The lowest BCUT2D eigenvalue weighted by molar-refractivity contribution is 0.473. The molecular formula is C7H12S. The Morgan fingerprint density at radius 3 is 2.38 bits per heavy atom. The van der Waals surface area contributed by atoms with Crippen LogP contribution in [0.4, 0.5) is 0 Å². The molecule has 0 aromatic heterocycles. The molecule has 0 radical (unpaired) electrons. The molecule has 0 atom stereocenters. The molecule has 0 aliphatic carbocycles. The third-order valence-electron chi connectivity index (χ3n) is 1.76. The van der Waals surface area contributed by atoms with Crippen LogP contribution in [0.5, 0.6) is 0 Å². The fourth-order valence-electron chi connectivity index (χ4n) is 0.764. The van der Waals surface area contributed by atoms with E-state index in [1.165, 1.54) is 17.1 Å². The molecule has 1 saturated heterocycles. The number of hydrogen-bond donors (Lipinski definition) is 0. The third-order valence-corrected chi connectivity index (χ3v) is 3.07. The molecule has 1 aliphatic rings. The van der Waals surface area contributed by atoms with Crippen molar-refractivity contribution in [1.29, 1.82) is 0 Å². The molecule has 0 nitrogen and oxygen atoms in total. The van der Waals surface area contributed by atoms with E-state index in [0.717, 1.165) is 0 Å². The third kappa shape index (κ3) is 0.921. The Labute approximate surface area is 55.4 Å². The van der Waals surface area contributed by atoms with Crippen molar-refractivity contribution >= 4 is 11.8 Å². The van der Waals surface area contributed by atoms with Gasteiger partial charge in [0.25, 0.3) is 0 Å². The first kappa shape index (κ1) is 6.21. The molecule has 1 fully saturated rings.